The summed E-state index contributed by atoms with van der Waals surface area (Å²) < 4.78 is 65.6. The fourth-order valence-electron chi connectivity index (χ4n) is 3.50. The second-order valence-electron chi connectivity index (χ2n) is 7.41. The maximum Gasteiger partial charge on any atom is 0.256 e. The molecule has 0 aliphatic carbocycles. The fraction of sp³-hybridized carbons (Fsp3) is 0.333. The number of nitrogens with zero attached hydrogens (tertiary/aromatic N) is 1. The fourth-order valence-corrected chi connectivity index (χ4v) is 3.50. The van der Waals surface area contributed by atoms with Crippen LogP contribution in [0.1, 0.15) is 22.8 Å². The first-order chi connectivity index (χ1) is 14.2. The second kappa shape index (κ2) is 7.62. The summed E-state index contributed by atoms with van der Waals surface area (Å²) in [6, 6.07) is 3.84. The highest BCUT2D eigenvalue weighted by Gasteiger charge is 2.38. The van der Waals surface area contributed by atoms with Crippen molar-refractivity contribution >= 4 is 11.7 Å². The maximum absolute atomic E-state index is 14.4. The van der Waals surface area contributed by atoms with Crippen molar-refractivity contribution in [3.05, 3.63) is 58.7 Å². The Kier molecular flexibility index (Phi) is 5.13. The van der Waals surface area contributed by atoms with Gasteiger partial charge >= 0.3 is 0 Å². The van der Waals surface area contributed by atoms with Gasteiger partial charge < -0.3 is 14.4 Å². The maximum atomic E-state index is 14.4. The van der Waals surface area contributed by atoms with E-state index in [1.165, 1.54) is 11.0 Å². The molecule has 0 saturated carbocycles. The minimum atomic E-state index is -1.41. The molecule has 1 fully saturated rings. The van der Waals surface area contributed by atoms with Crippen molar-refractivity contribution in [2.45, 2.75) is 19.4 Å². The number of hydrogen-bond acceptors (Lipinski definition) is 4. The smallest absolute Gasteiger partial charge is 0.256 e. The van der Waals surface area contributed by atoms with Gasteiger partial charge in [-0.25, -0.2) is 13.2 Å². The van der Waals surface area contributed by atoms with Crippen molar-refractivity contribution < 1.29 is 36.6 Å². The molecule has 9 heteroatoms. The number of amides is 1. The van der Waals surface area contributed by atoms with Gasteiger partial charge in [0.1, 0.15) is 24.3 Å². The number of rotatable bonds is 4. The Morgan fingerprint density at radius 1 is 1.13 bits per heavy atom. The van der Waals surface area contributed by atoms with Crippen LogP contribution in [0, 0.1) is 29.2 Å². The zero-order valence-corrected chi connectivity index (χ0v) is 15.9. The number of carbonyl (C=O) groups is 2. The van der Waals surface area contributed by atoms with Crippen LogP contribution in [0.25, 0.3) is 0 Å². The van der Waals surface area contributed by atoms with Crippen LogP contribution in [0.2, 0.25) is 0 Å². The third kappa shape index (κ3) is 3.59. The van der Waals surface area contributed by atoms with Crippen LogP contribution in [0.3, 0.4) is 0 Å². The molecule has 0 N–H and O–H groups in total. The Morgan fingerprint density at radius 3 is 2.57 bits per heavy atom. The Hall–Kier alpha value is -3.10. The van der Waals surface area contributed by atoms with Crippen LogP contribution in [0.15, 0.2) is 24.3 Å². The van der Waals surface area contributed by atoms with Crippen LogP contribution in [-0.2, 0) is 11.2 Å². The van der Waals surface area contributed by atoms with Crippen molar-refractivity contribution in [3.63, 3.8) is 0 Å². The molecular weight excluding hydrogens is 406 g/mol. The molecule has 2 aliphatic heterocycles. The highest BCUT2D eigenvalue weighted by Crippen LogP contribution is 2.31. The average molecular weight is 423 g/mol. The van der Waals surface area contributed by atoms with Gasteiger partial charge in [-0.05, 0) is 25.1 Å². The number of carbonyl (C=O) groups excluding carboxylic acids is 2. The molecule has 1 unspecified atom stereocenters. The van der Waals surface area contributed by atoms with E-state index in [4.69, 9.17) is 9.47 Å². The van der Waals surface area contributed by atoms with Gasteiger partial charge in [-0.15, -0.1) is 0 Å². The normalized spacial score (nSPS) is 17.1. The zero-order valence-electron chi connectivity index (χ0n) is 15.9. The van der Waals surface area contributed by atoms with E-state index in [0.717, 1.165) is 12.1 Å². The summed E-state index contributed by atoms with van der Waals surface area (Å²) in [6.45, 7) is 1.77. The molecule has 1 amide bonds. The molecule has 0 spiro atoms. The van der Waals surface area contributed by atoms with Crippen molar-refractivity contribution in [3.8, 4) is 11.5 Å². The van der Waals surface area contributed by atoms with Crippen LogP contribution >= 0.6 is 0 Å². The highest BCUT2D eigenvalue weighted by molar-refractivity contribution is 5.96. The zero-order chi connectivity index (χ0) is 21.6. The quantitative estimate of drug-likeness (QED) is 0.560. The third-order valence-electron chi connectivity index (χ3n) is 5.32. The number of ether oxygens (including phenoxy) is 2. The van der Waals surface area contributed by atoms with Crippen LogP contribution in [0.5, 0.6) is 11.5 Å². The van der Waals surface area contributed by atoms with Crippen LogP contribution < -0.4 is 9.47 Å². The SMILES string of the molecule is CC(Oc1c(F)ccc(F)c1F)C1CN(C(=O)c2cc3c(cc2F)OCC(=O)C3)C1. The summed E-state index contributed by atoms with van der Waals surface area (Å²) in [5, 5.41) is 0. The number of halogens is 4. The largest absolute Gasteiger partial charge is 0.485 e. The van der Waals surface area contributed by atoms with Gasteiger partial charge in [-0.2, -0.15) is 4.39 Å². The molecule has 30 heavy (non-hydrogen) atoms. The van der Waals surface area contributed by atoms with E-state index in [2.05, 4.69) is 0 Å². The van der Waals surface area contributed by atoms with Gasteiger partial charge in [0.25, 0.3) is 5.91 Å². The summed E-state index contributed by atoms with van der Waals surface area (Å²) in [4.78, 5) is 25.5. The van der Waals surface area contributed by atoms with E-state index in [9.17, 15) is 27.2 Å². The lowest BCUT2D eigenvalue weighted by Gasteiger charge is -2.42. The molecule has 0 aromatic heterocycles. The molecule has 4 rings (SSSR count). The van der Waals surface area contributed by atoms with Crippen LogP contribution in [-0.4, -0.2) is 42.4 Å². The molecule has 0 bridgehead atoms. The van der Waals surface area contributed by atoms with Crippen molar-refractivity contribution in [1.82, 2.24) is 4.90 Å². The van der Waals surface area contributed by atoms with E-state index >= 15 is 0 Å². The molecule has 1 atom stereocenters. The Morgan fingerprint density at radius 2 is 1.83 bits per heavy atom. The molecule has 0 radical (unpaired) electrons. The molecule has 2 aliphatic rings. The lowest BCUT2D eigenvalue weighted by atomic mass is 9.93. The molecular formula is C21H17F4NO4. The van der Waals surface area contributed by atoms with Crippen molar-refractivity contribution in [1.29, 1.82) is 0 Å². The first kappa shape index (κ1) is 20.2. The van der Waals surface area contributed by atoms with Gasteiger partial charge in [0.2, 0.25) is 5.82 Å². The van der Waals surface area contributed by atoms with Gasteiger partial charge in [-0.1, -0.05) is 0 Å². The number of Topliss-reactive ketones (excluding diaryl/α,β-unsaturated/α-hetero) is 1. The monoisotopic (exact) mass is 423 g/mol. The first-order valence-corrected chi connectivity index (χ1v) is 9.31. The van der Waals surface area contributed by atoms with Crippen molar-refractivity contribution in [2.75, 3.05) is 19.7 Å². The van der Waals surface area contributed by atoms with E-state index in [1.54, 1.807) is 6.92 Å². The number of likely N-dealkylation sites (tertiary alicyclic amines) is 1. The summed E-state index contributed by atoms with van der Waals surface area (Å²) in [5.41, 5.74) is 0.267. The van der Waals surface area contributed by atoms with Crippen molar-refractivity contribution in [2.24, 2.45) is 5.92 Å². The molecule has 5 nitrogen and oxygen atoms in total. The first-order valence-electron chi connectivity index (χ1n) is 9.31. The van der Waals surface area contributed by atoms with E-state index < -0.39 is 41.0 Å². The third-order valence-corrected chi connectivity index (χ3v) is 5.32. The predicted octanol–water partition coefficient (Wildman–Crippen LogP) is 3.29. The summed E-state index contributed by atoms with van der Waals surface area (Å²) in [6.07, 6.45) is -0.645. The van der Waals surface area contributed by atoms with Gasteiger partial charge in [0, 0.05) is 37.1 Å². The minimum Gasteiger partial charge on any atom is -0.485 e. The molecule has 2 aromatic carbocycles. The van der Waals surface area contributed by atoms with E-state index in [0.29, 0.717) is 11.6 Å². The molecule has 158 valence electrons. The number of hydrogen-bond donors (Lipinski definition) is 0. The Labute approximate surface area is 169 Å². The van der Waals surface area contributed by atoms with Gasteiger partial charge in [0.05, 0.1) is 5.56 Å². The van der Waals surface area contributed by atoms with Crippen LogP contribution in [0.4, 0.5) is 17.6 Å². The topological polar surface area (TPSA) is 55.8 Å². The lowest BCUT2D eigenvalue weighted by Crippen LogP contribution is -2.55. The number of fused-ring (bicyclic) bond motifs is 1. The standard InChI is InChI=1S/C21H17F4NO4/c1-10(30-20-16(23)3-2-15(22)19(20)25)12-7-26(8-12)21(28)14-5-11-4-13(27)9-29-18(11)6-17(14)24/h2-3,5-6,10,12H,4,7-9H2,1H3. The van der Waals surface area contributed by atoms with Gasteiger partial charge in [-0.3, -0.25) is 9.59 Å². The Bertz CT molecular complexity index is 1040. The average Bonchev–Trinajstić information content (AvgIpc) is 2.66. The van der Waals surface area contributed by atoms with E-state index in [1.807, 2.05) is 0 Å². The van der Waals surface area contributed by atoms with E-state index in [-0.39, 0.29) is 49.1 Å². The van der Waals surface area contributed by atoms with Gasteiger partial charge in [0.15, 0.2) is 23.2 Å². The predicted molar refractivity (Wildman–Crippen MR) is 96.4 cm³/mol. The molecule has 2 heterocycles. The number of ketones is 1. The number of benzene rings is 2. The summed E-state index contributed by atoms with van der Waals surface area (Å²) >= 11 is 0. The summed E-state index contributed by atoms with van der Waals surface area (Å²) in [7, 11) is 0. The molecule has 2 aromatic rings. The highest BCUT2D eigenvalue weighted by atomic mass is 19.2. The second-order valence-corrected chi connectivity index (χ2v) is 7.41. The Balaban J connectivity index is 1.42. The summed E-state index contributed by atoms with van der Waals surface area (Å²) in [5.74, 6) is -6.01. The minimum absolute atomic E-state index is 0.0636. The molecule has 1 saturated heterocycles. The lowest BCUT2D eigenvalue weighted by molar-refractivity contribution is -0.121.